The maximum absolute atomic E-state index is 11.0. The first-order valence-electron chi connectivity index (χ1n) is 5.14. The fourth-order valence-electron chi connectivity index (χ4n) is 1.35. The van der Waals surface area contributed by atoms with E-state index in [4.69, 9.17) is 10.2 Å². The summed E-state index contributed by atoms with van der Waals surface area (Å²) in [6.07, 6.45) is 0.930. The Kier molecular flexibility index (Phi) is 5.56. The first kappa shape index (κ1) is 14.5. The van der Waals surface area contributed by atoms with Crippen molar-refractivity contribution in [1.29, 1.82) is 0 Å². The minimum absolute atomic E-state index is 0.0359. The second-order valence-corrected chi connectivity index (χ2v) is 4.26. The third-order valence-electron chi connectivity index (χ3n) is 2.17. The standard InChI is InChI=1S/C11H19NO4/c1-7(2)5-6-8(10(13)14)9(11(15)16)12(3)4/h7H,5-6H2,1-4H3,(H,13,14)(H,15,16)/b9-8-. The first-order valence-corrected chi connectivity index (χ1v) is 5.14. The van der Waals surface area contributed by atoms with Gasteiger partial charge in [-0.2, -0.15) is 0 Å². The summed E-state index contributed by atoms with van der Waals surface area (Å²) in [6.45, 7) is 3.94. The van der Waals surface area contributed by atoms with Crippen LogP contribution in [0.25, 0.3) is 0 Å². The summed E-state index contributed by atoms with van der Waals surface area (Å²) in [5.41, 5.74) is -0.181. The van der Waals surface area contributed by atoms with Crippen LogP contribution in [0, 0.1) is 5.92 Å². The van der Waals surface area contributed by atoms with Gasteiger partial charge in [0.15, 0.2) is 0 Å². The number of nitrogens with zero attached hydrogens (tertiary/aromatic N) is 1. The Bertz CT molecular complexity index is 305. The molecule has 0 aromatic heterocycles. The van der Waals surface area contributed by atoms with Gasteiger partial charge < -0.3 is 15.1 Å². The van der Waals surface area contributed by atoms with Crippen LogP contribution in [-0.2, 0) is 9.59 Å². The smallest absolute Gasteiger partial charge is 0.352 e. The van der Waals surface area contributed by atoms with Crippen LogP contribution in [0.2, 0.25) is 0 Å². The molecular formula is C11H19NO4. The lowest BCUT2D eigenvalue weighted by Gasteiger charge is -2.17. The molecule has 92 valence electrons. The molecular weight excluding hydrogens is 210 g/mol. The number of carboxylic acid groups (broad SMARTS) is 2. The molecule has 16 heavy (non-hydrogen) atoms. The molecule has 0 saturated carbocycles. The van der Waals surface area contributed by atoms with Gasteiger partial charge in [0.2, 0.25) is 0 Å². The molecule has 0 fully saturated rings. The number of carboxylic acids is 2. The lowest BCUT2D eigenvalue weighted by atomic mass is 10.0. The minimum atomic E-state index is -1.20. The van der Waals surface area contributed by atoms with Crippen molar-refractivity contribution in [2.24, 2.45) is 5.92 Å². The van der Waals surface area contributed by atoms with Gasteiger partial charge in [-0.3, -0.25) is 0 Å². The van der Waals surface area contributed by atoms with Gasteiger partial charge in [0.05, 0.1) is 5.57 Å². The van der Waals surface area contributed by atoms with E-state index in [1.54, 1.807) is 0 Å². The predicted octanol–water partition coefficient (Wildman–Crippen LogP) is 1.41. The van der Waals surface area contributed by atoms with Crippen LogP contribution in [0.15, 0.2) is 11.3 Å². The molecule has 0 radical (unpaired) electrons. The molecule has 0 aliphatic rings. The van der Waals surface area contributed by atoms with E-state index < -0.39 is 11.9 Å². The van der Waals surface area contributed by atoms with E-state index in [1.807, 2.05) is 13.8 Å². The molecule has 0 spiro atoms. The summed E-state index contributed by atoms with van der Waals surface area (Å²) < 4.78 is 0. The molecule has 0 aliphatic heterocycles. The van der Waals surface area contributed by atoms with E-state index in [0.29, 0.717) is 12.3 Å². The van der Waals surface area contributed by atoms with Gasteiger partial charge in [0.1, 0.15) is 5.70 Å². The summed E-state index contributed by atoms with van der Waals surface area (Å²) in [7, 11) is 3.06. The second kappa shape index (κ2) is 6.15. The molecule has 0 bridgehead atoms. The topological polar surface area (TPSA) is 77.8 Å². The monoisotopic (exact) mass is 229 g/mol. The highest BCUT2D eigenvalue weighted by Gasteiger charge is 2.21. The van der Waals surface area contributed by atoms with Crippen molar-refractivity contribution in [1.82, 2.24) is 4.90 Å². The highest BCUT2D eigenvalue weighted by molar-refractivity contribution is 5.98. The number of likely N-dealkylation sites (N-methyl/N-ethyl adjacent to an activating group) is 1. The van der Waals surface area contributed by atoms with Gasteiger partial charge in [0, 0.05) is 14.1 Å². The zero-order chi connectivity index (χ0) is 12.9. The van der Waals surface area contributed by atoms with Gasteiger partial charge in [-0.25, -0.2) is 9.59 Å². The normalized spacial score (nSPS) is 12.3. The summed E-state index contributed by atoms with van der Waals surface area (Å²) in [5, 5.41) is 18.0. The Morgan fingerprint density at radius 3 is 1.88 bits per heavy atom. The van der Waals surface area contributed by atoms with E-state index in [9.17, 15) is 9.59 Å². The lowest BCUT2D eigenvalue weighted by molar-refractivity contribution is -0.137. The van der Waals surface area contributed by atoms with Gasteiger partial charge >= 0.3 is 11.9 Å². The van der Waals surface area contributed by atoms with Crippen molar-refractivity contribution in [3.63, 3.8) is 0 Å². The Labute approximate surface area is 95.4 Å². The molecule has 2 N–H and O–H groups in total. The third-order valence-corrected chi connectivity index (χ3v) is 2.17. The molecule has 0 amide bonds. The summed E-state index contributed by atoms with van der Waals surface area (Å²) in [4.78, 5) is 23.3. The van der Waals surface area contributed by atoms with Crippen LogP contribution in [0.5, 0.6) is 0 Å². The van der Waals surface area contributed by atoms with Crippen LogP contribution in [0.3, 0.4) is 0 Å². The highest BCUT2D eigenvalue weighted by atomic mass is 16.4. The lowest BCUT2D eigenvalue weighted by Crippen LogP contribution is -2.24. The van der Waals surface area contributed by atoms with Gasteiger partial charge in [-0.05, 0) is 18.8 Å². The minimum Gasteiger partial charge on any atom is -0.478 e. The fourth-order valence-corrected chi connectivity index (χ4v) is 1.35. The van der Waals surface area contributed by atoms with Crippen LogP contribution in [0.1, 0.15) is 26.7 Å². The molecule has 5 heteroatoms. The summed E-state index contributed by atoms with van der Waals surface area (Å²) >= 11 is 0. The molecule has 0 unspecified atom stereocenters. The van der Waals surface area contributed by atoms with E-state index in [1.165, 1.54) is 19.0 Å². The van der Waals surface area contributed by atoms with Gasteiger partial charge in [0.25, 0.3) is 0 Å². The van der Waals surface area contributed by atoms with E-state index >= 15 is 0 Å². The highest BCUT2D eigenvalue weighted by Crippen LogP contribution is 2.17. The molecule has 0 saturated heterocycles. The predicted molar refractivity (Wildman–Crippen MR) is 60.1 cm³/mol. The number of aliphatic carboxylic acids is 2. The van der Waals surface area contributed by atoms with Crippen LogP contribution in [-0.4, -0.2) is 41.1 Å². The Morgan fingerprint density at radius 2 is 1.62 bits per heavy atom. The number of hydrogen-bond acceptors (Lipinski definition) is 3. The number of rotatable bonds is 6. The quantitative estimate of drug-likeness (QED) is 0.673. The van der Waals surface area contributed by atoms with Crippen molar-refractivity contribution >= 4 is 11.9 Å². The molecule has 0 aromatic carbocycles. The average Bonchev–Trinajstić information content (AvgIpc) is 2.09. The van der Waals surface area contributed by atoms with Gasteiger partial charge in [-0.15, -0.1) is 0 Å². The molecule has 0 rings (SSSR count). The van der Waals surface area contributed by atoms with Crippen molar-refractivity contribution in [2.75, 3.05) is 14.1 Å². The zero-order valence-corrected chi connectivity index (χ0v) is 10.1. The first-order chi connectivity index (χ1) is 7.27. The number of hydrogen-bond donors (Lipinski definition) is 2. The van der Waals surface area contributed by atoms with Crippen molar-refractivity contribution in [3.05, 3.63) is 11.3 Å². The van der Waals surface area contributed by atoms with Crippen molar-refractivity contribution in [3.8, 4) is 0 Å². The largest absolute Gasteiger partial charge is 0.478 e. The van der Waals surface area contributed by atoms with Crippen LogP contribution < -0.4 is 0 Å². The van der Waals surface area contributed by atoms with Crippen LogP contribution >= 0.6 is 0 Å². The Hall–Kier alpha value is -1.52. The molecule has 0 aromatic rings. The fraction of sp³-hybridized carbons (Fsp3) is 0.636. The summed E-state index contributed by atoms with van der Waals surface area (Å²) in [5.74, 6) is -2.02. The second-order valence-electron chi connectivity index (χ2n) is 4.26. The van der Waals surface area contributed by atoms with E-state index in [-0.39, 0.29) is 17.7 Å². The van der Waals surface area contributed by atoms with Crippen LogP contribution in [0.4, 0.5) is 0 Å². The molecule has 0 aliphatic carbocycles. The maximum atomic E-state index is 11.0. The Morgan fingerprint density at radius 1 is 1.12 bits per heavy atom. The van der Waals surface area contributed by atoms with Gasteiger partial charge in [-0.1, -0.05) is 13.8 Å². The maximum Gasteiger partial charge on any atom is 0.352 e. The van der Waals surface area contributed by atoms with E-state index in [2.05, 4.69) is 0 Å². The van der Waals surface area contributed by atoms with Crippen molar-refractivity contribution in [2.45, 2.75) is 26.7 Å². The number of carbonyl (C=O) groups is 2. The Balaban J connectivity index is 5.16. The SMILES string of the molecule is CC(C)CC/C(C(=O)O)=C(\C(=O)O)N(C)C. The molecule has 0 heterocycles. The average molecular weight is 229 g/mol. The molecule has 0 atom stereocenters. The zero-order valence-electron chi connectivity index (χ0n) is 10.1. The molecule has 5 nitrogen and oxygen atoms in total. The van der Waals surface area contributed by atoms with E-state index in [0.717, 1.165) is 0 Å². The summed E-state index contributed by atoms with van der Waals surface area (Å²) in [6, 6.07) is 0. The van der Waals surface area contributed by atoms with Crippen molar-refractivity contribution < 1.29 is 19.8 Å². The third kappa shape index (κ3) is 4.33.